The van der Waals surface area contributed by atoms with Gasteiger partial charge in [0.1, 0.15) is 28.8 Å². The zero-order chi connectivity index (χ0) is 28.9. The van der Waals surface area contributed by atoms with Crippen LogP contribution in [0, 0.1) is 0 Å². The highest BCUT2D eigenvalue weighted by Gasteiger charge is 2.54. The van der Waals surface area contributed by atoms with E-state index in [2.05, 4.69) is 29.3 Å². The zero-order valence-corrected chi connectivity index (χ0v) is 25.8. The van der Waals surface area contributed by atoms with E-state index in [0.29, 0.717) is 38.6 Å². The number of ether oxygens (including phenoxy) is 2. The van der Waals surface area contributed by atoms with Crippen LogP contribution in [-0.4, -0.2) is 70.6 Å². The van der Waals surface area contributed by atoms with Crippen molar-refractivity contribution in [3.63, 3.8) is 0 Å². The molecule has 230 valence electrons. The van der Waals surface area contributed by atoms with Gasteiger partial charge in [-0.15, -0.1) is 12.4 Å². The fraction of sp³-hybridized carbons (Fsp3) is 0.576. The van der Waals surface area contributed by atoms with Gasteiger partial charge in [0.15, 0.2) is 0 Å². The SMILES string of the molecule is CCCCN1C(=O)[C@@H](CC2(O)CCCCC2)NC(=O)C12CCN(Cc1ccc(Oc3ccc(OC)cc3)cc1)CC2.Cl. The Morgan fingerprint density at radius 3 is 2.10 bits per heavy atom. The molecule has 2 aromatic carbocycles. The fourth-order valence-electron chi connectivity index (χ4n) is 6.73. The van der Waals surface area contributed by atoms with Crippen molar-refractivity contribution >= 4 is 24.2 Å². The number of nitrogens with zero attached hydrogens (tertiary/aromatic N) is 2. The third-order valence-corrected chi connectivity index (χ3v) is 9.22. The second-order valence-corrected chi connectivity index (χ2v) is 12.1. The van der Waals surface area contributed by atoms with Gasteiger partial charge in [-0.05, 0) is 74.1 Å². The maximum atomic E-state index is 13.8. The van der Waals surface area contributed by atoms with Crippen molar-refractivity contribution in [2.24, 2.45) is 0 Å². The number of nitrogens with one attached hydrogen (secondary N) is 1. The summed E-state index contributed by atoms with van der Waals surface area (Å²) in [7, 11) is 1.64. The van der Waals surface area contributed by atoms with E-state index in [4.69, 9.17) is 9.47 Å². The molecule has 1 atom stereocenters. The minimum absolute atomic E-state index is 0. The molecule has 2 saturated heterocycles. The number of piperazine rings is 1. The number of amides is 2. The van der Waals surface area contributed by atoms with Crippen molar-refractivity contribution in [3.8, 4) is 17.2 Å². The number of hydrogen-bond acceptors (Lipinski definition) is 6. The van der Waals surface area contributed by atoms with E-state index in [1.165, 1.54) is 5.56 Å². The van der Waals surface area contributed by atoms with Crippen molar-refractivity contribution in [2.45, 2.75) is 94.9 Å². The molecule has 3 fully saturated rings. The molecule has 2 heterocycles. The molecule has 0 unspecified atom stereocenters. The monoisotopic (exact) mass is 599 g/mol. The average Bonchev–Trinajstić information content (AvgIpc) is 2.98. The predicted molar refractivity (Wildman–Crippen MR) is 165 cm³/mol. The molecule has 1 spiro atoms. The Hall–Kier alpha value is -2.81. The van der Waals surface area contributed by atoms with Crippen LogP contribution in [0.1, 0.15) is 76.7 Å². The first kappa shape index (κ1) is 32.1. The fourth-order valence-corrected chi connectivity index (χ4v) is 6.73. The summed E-state index contributed by atoms with van der Waals surface area (Å²) in [4.78, 5) is 31.8. The van der Waals surface area contributed by atoms with Gasteiger partial charge < -0.3 is 24.8 Å². The first-order chi connectivity index (χ1) is 19.8. The van der Waals surface area contributed by atoms with Gasteiger partial charge in [-0.25, -0.2) is 0 Å². The van der Waals surface area contributed by atoms with Gasteiger partial charge in [0.05, 0.1) is 12.7 Å². The third kappa shape index (κ3) is 7.21. The summed E-state index contributed by atoms with van der Waals surface area (Å²) in [5.41, 5.74) is -0.480. The van der Waals surface area contributed by atoms with Gasteiger partial charge in [0.25, 0.3) is 0 Å². The molecule has 0 aromatic heterocycles. The summed E-state index contributed by atoms with van der Waals surface area (Å²) in [6.45, 7) is 4.95. The Labute approximate surface area is 256 Å². The summed E-state index contributed by atoms with van der Waals surface area (Å²) < 4.78 is 11.2. The Bertz CT molecular complexity index is 1180. The number of rotatable bonds is 10. The number of benzene rings is 2. The number of methoxy groups -OCH3 is 1. The highest BCUT2D eigenvalue weighted by molar-refractivity contribution is 6.00. The Kier molecular flexibility index (Phi) is 10.8. The number of carbonyl (C=O) groups excluding carboxylic acids is 2. The molecule has 8 nitrogen and oxygen atoms in total. The molecule has 2 amide bonds. The number of halogens is 1. The van der Waals surface area contributed by atoms with Crippen LogP contribution in [0.5, 0.6) is 17.2 Å². The molecule has 2 N–H and O–H groups in total. The van der Waals surface area contributed by atoms with E-state index in [1.807, 2.05) is 41.3 Å². The molecule has 2 aromatic rings. The van der Waals surface area contributed by atoms with Crippen LogP contribution < -0.4 is 14.8 Å². The minimum atomic E-state index is -0.856. The molecule has 42 heavy (non-hydrogen) atoms. The first-order valence-electron chi connectivity index (χ1n) is 15.3. The molecule has 5 rings (SSSR count). The molecule has 0 bridgehead atoms. The summed E-state index contributed by atoms with van der Waals surface area (Å²) in [5, 5.41) is 14.2. The molecular weight excluding hydrogens is 554 g/mol. The van der Waals surface area contributed by atoms with Crippen LogP contribution in [0.3, 0.4) is 0 Å². The van der Waals surface area contributed by atoms with E-state index in [9.17, 15) is 14.7 Å². The third-order valence-electron chi connectivity index (χ3n) is 9.22. The van der Waals surface area contributed by atoms with Crippen LogP contribution in [0.4, 0.5) is 0 Å². The quantitative estimate of drug-likeness (QED) is 0.377. The molecule has 1 aliphatic carbocycles. The average molecular weight is 600 g/mol. The first-order valence-corrected chi connectivity index (χ1v) is 15.3. The molecule has 1 saturated carbocycles. The number of carbonyl (C=O) groups is 2. The van der Waals surface area contributed by atoms with Crippen LogP contribution in [0.25, 0.3) is 0 Å². The topological polar surface area (TPSA) is 91.3 Å². The van der Waals surface area contributed by atoms with Gasteiger partial charge in [0, 0.05) is 32.6 Å². The predicted octanol–water partition coefficient (Wildman–Crippen LogP) is 5.46. The highest BCUT2D eigenvalue weighted by atomic mass is 35.5. The lowest BCUT2D eigenvalue weighted by Gasteiger charge is -2.52. The van der Waals surface area contributed by atoms with E-state index in [-0.39, 0.29) is 24.2 Å². The smallest absolute Gasteiger partial charge is 0.246 e. The van der Waals surface area contributed by atoms with Gasteiger partial charge in [-0.1, -0.05) is 44.7 Å². The molecule has 9 heteroatoms. The molecule has 3 aliphatic rings. The van der Waals surface area contributed by atoms with Crippen molar-refractivity contribution in [1.82, 2.24) is 15.1 Å². The van der Waals surface area contributed by atoms with E-state index in [1.54, 1.807) is 7.11 Å². The second-order valence-electron chi connectivity index (χ2n) is 12.1. The lowest BCUT2D eigenvalue weighted by atomic mass is 9.77. The Balaban J connectivity index is 0.00000405. The van der Waals surface area contributed by atoms with Gasteiger partial charge >= 0.3 is 0 Å². The lowest BCUT2D eigenvalue weighted by Crippen LogP contribution is -2.73. The number of likely N-dealkylation sites (tertiary alicyclic amines) is 1. The van der Waals surface area contributed by atoms with E-state index in [0.717, 1.165) is 69.0 Å². The number of unbranched alkanes of at least 4 members (excludes halogenated alkanes) is 1. The normalized spacial score (nSPS) is 21.9. The number of hydrogen-bond donors (Lipinski definition) is 2. The Morgan fingerprint density at radius 2 is 1.50 bits per heavy atom. The molecule has 0 radical (unpaired) electrons. The summed E-state index contributed by atoms with van der Waals surface area (Å²) in [5.74, 6) is 2.25. The number of piperidine rings is 1. The highest BCUT2D eigenvalue weighted by Crippen LogP contribution is 2.38. The second kappa shape index (κ2) is 14.1. The number of aliphatic hydroxyl groups is 1. The molecular formula is C33H46ClN3O5. The van der Waals surface area contributed by atoms with Gasteiger partial charge in [0.2, 0.25) is 11.8 Å². The largest absolute Gasteiger partial charge is 0.497 e. The van der Waals surface area contributed by atoms with Crippen molar-refractivity contribution in [3.05, 3.63) is 54.1 Å². The van der Waals surface area contributed by atoms with Crippen molar-refractivity contribution < 1.29 is 24.2 Å². The van der Waals surface area contributed by atoms with E-state index >= 15 is 0 Å². The molecule has 2 aliphatic heterocycles. The summed E-state index contributed by atoms with van der Waals surface area (Å²) >= 11 is 0. The summed E-state index contributed by atoms with van der Waals surface area (Å²) in [6, 6.07) is 15.0. The summed E-state index contributed by atoms with van der Waals surface area (Å²) in [6.07, 6.45) is 7.86. The van der Waals surface area contributed by atoms with E-state index < -0.39 is 17.2 Å². The Morgan fingerprint density at radius 1 is 0.905 bits per heavy atom. The lowest BCUT2D eigenvalue weighted by molar-refractivity contribution is -0.163. The van der Waals surface area contributed by atoms with Gasteiger partial charge in [-0.3, -0.25) is 14.5 Å². The van der Waals surface area contributed by atoms with Gasteiger partial charge in [-0.2, -0.15) is 0 Å². The maximum Gasteiger partial charge on any atom is 0.246 e. The van der Waals surface area contributed by atoms with Crippen molar-refractivity contribution in [1.29, 1.82) is 0 Å². The van der Waals surface area contributed by atoms with Crippen LogP contribution in [0.15, 0.2) is 48.5 Å². The standard InChI is InChI=1S/C33H45N3O5.ClH/c1-3-4-20-36-30(37)29(23-32(39)16-6-5-7-17-32)34-31(38)33(36)18-21-35(22-19-33)24-25-8-10-27(11-9-25)41-28-14-12-26(40-2)13-15-28;/h8-15,29,39H,3-7,16-24H2,1-2H3,(H,34,38);1H/t29-;/m1./s1. The van der Waals surface area contributed by atoms with Crippen LogP contribution >= 0.6 is 12.4 Å². The van der Waals surface area contributed by atoms with Crippen LogP contribution in [0.2, 0.25) is 0 Å². The maximum absolute atomic E-state index is 13.8. The van der Waals surface area contributed by atoms with Crippen LogP contribution in [-0.2, 0) is 16.1 Å². The minimum Gasteiger partial charge on any atom is -0.497 e. The zero-order valence-electron chi connectivity index (χ0n) is 25.0. The van der Waals surface area contributed by atoms with Crippen molar-refractivity contribution in [2.75, 3.05) is 26.7 Å².